The number of para-hydroxylation sites is 1. The highest BCUT2D eigenvalue weighted by Crippen LogP contribution is 2.40. The van der Waals surface area contributed by atoms with Crippen molar-refractivity contribution in [2.45, 2.75) is 12.3 Å². The zero-order chi connectivity index (χ0) is 19.7. The van der Waals surface area contributed by atoms with E-state index in [2.05, 4.69) is 4.98 Å². The van der Waals surface area contributed by atoms with E-state index in [1.54, 1.807) is 30.3 Å². The summed E-state index contributed by atoms with van der Waals surface area (Å²) in [5.74, 6) is 0. The van der Waals surface area contributed by atoms with Gasteiger partial charge in [0.05, 0.1) is 11.1 Å². The lowest BCUT2D eigenvalue weighted by Crippen LogP contribution is -2.09. The predicted molar refractivity (Wildman–Crippen MR) is 103 cm³/mol. The normalized spacial score (nSPS) is 12.9. The van der Waals surface area contributed by atoms with Gasteiger partial charge in [0.15, 0.2) is 0 Å². The zero-order valence-electron chi connectivity index (χ0n) is 14.7. The van der Waals surface area contributed by atoms with Gasteiger partial charge in [0.1, 0.15) is 6.10 Å². The molecule has 0 amide bonds. The number of alkyl halides is 3. The van der Waals surface area contributed by atoms with E-state index in [1.165, 1.54) is 12.3 Å². The zero-order valence-corrected chi connectivity index (χ0v) is 14.7. The molecule has 1 atom stereocenters. The minimum absolute atomic E-state index is 0.127. The number of hydrogen-bond acceptors (Lipinski definition) is 2. The number of halogens is 3. The number of fused-ring (bicyclic) bond motifs is 1. The Morgan fingerprint density at radius 1 is 0.786 bits per heavy atom. The number of benzene rings is 3. The van der Waals surface area contributed by atoms with Crippen molar-refractivity contribution in [1.82, 2.24) is 4.98 Å². The van der Waals surface area contributed by atoms with Crippen molar-refractivity contribution in [2.75, 3.05) is 0 Å². The maximum atomic E-state index is 13.5. The maximum Gasteiger partial charge on any atom is 0.418 e. The first kappa shape index (κ1) is 18.2. The Bertz CT molecular complexity index is 1110. The predicted octanol–water partition coefficient (Wildman–Crippen LogP) is 6.00. The quantitative estimate of drug-likeness (QED) is 0.473. The fourth-order valence-corrected chi connectivity index (χ4v) is 3.42. The molecule has 0 spiro atoms. The van der Waals surface area contributed by atoms with Crippen molar-refractivity contribution in [3.05, 3.63) is 102 Å². The van der Waals surface area contributed by atoms with E-state index < -0.39 is 17.8 Å². The van der Waals surface area contributed by atoms with E-state index in [9.17, 15) is 18.3 Å². The number of aliphatic hydroxyl groups excluding tert-OH is 1. The van der Waals surface area contributed by atoms with Crippen LogP contribution in [0, 0.1) is 0 Å². The highest BCUT2D eigenvalue weighted by molar-refractivity contribution is 5.98. The molecule has 0 saturated carbocycles. The van der Waals surface area contributed by atoms with Gasteiger partial charge >= 0.3 is 6.18 Å². The molecular formula is C23H16F3NO. The van der Waals surface area contributed by atoms with Gasteiger partial charge < -0.3 is 5.11 Å². The lowest BCUT2D eigenvalue weighted by atomic mass is 9.90. The van der Waals surface area contributed by atoms with E-state index in [0.717, 1.165) is 11.6 Å². The summed E-state index contributed by atoms with van der Waals surface area (Å²) >= 11 is 0. The Labute approximate surface area is 159 Å². The molecule has 4 rings (SSSR count). The molecule has 3 aromatic carbocycles. The molecule has 0 saturated heterocycles. The molecule has 0 aliphatic carbocycles. The second-order valence-corrected chi connectivity index (χ2v) is 6.47. The van der Waals surface area contributed by atoms with Crippen LogP contribution in [0.15, 0.2) is 85.1 Å². The van der Waals surface area contributed by atoms with Crippen molar-refractivity contribution in [2.24, 2.45) is 0 Å². The van der Waals surface area contributed by atoms with Crippen LogP contribution >= 0.6 is 0 Å². The molecule has 1 heterocycles. The molecule has 1 aromatic heterocycles. The Morgan fingerprint density at radius 3 is 2.07 bits per heavy atom. The average molecular weight is 379 g/mol. The number of aromatic nitrogens is 1. The van der Waals surface area contributed by atoms with Crippen LogP contribution in [-0.4, -0.2) is 10.1 Å². The molecule has 1 unspecified atom stereocenters. The largest absolute Gasteiger partial charge is 0.418 e. The second-order valence-electron chi connectivity index (χ2n) is 6.47. The lowest BCUT2D eigenvalue weighted by Gasteiger charge is -2.19. The summed E-state index contributed by atoms with van der Waals surface area (Å²) in [4.78, 5) is 4.10. The topological polar surface area (TPSA) is 33.1 Å². The molecular weight excluding hydrogens is 363 g/mol. The van der Waals surface area contributed by atoms with Crippen LogP contribution in [0.25, 0.3) is 22.0 Å². The average Bonchev–Trinajstić information content (AvgIpc) is 2.72. The van der Waals surface area contributed by atoms with Crippen molar-refractivity contribution < 1.29 is 18.3 Å². The number of aliphatic hydroxyl groups is 1. The molecule has 140 valence electrons. The van der Waals surface area contributed by atoms with E-state index in [4.69, 9.17) is 0 Å². The molecule has 0 radical (unpaired) electrons. The summed E-state index contributed by atoms with van der Waals surface area (Å²) in [6.07, 6.45) is -4.18. The minimum Gasteiger partial charge on any atom is -0.384 e. The van der Waals surface area contributed by atoms with Crippen LogP contribution in [0.1, 0.15) is 22.8 Å². The van der Waals surface area contributed by atoms with Crippen molar-refractivity contribution >= 4 is 10.9 Å². The van der Waals surface area contributed by atoms with E-state index in [0.29, 0.717) is 22.1 Å². The highest BCUT2D eigenvalue weighted by Gasteiger charge is 2.34. The van der Waals surface area contributed by atoms with Crippen LogP contribution in [0.3, 0.4) is 0 Å². The van der Waals surface area contributed by atoms with Crippen molar-refractivity contribution in [1.29, 1.82) is 0 Å². The van der Waals surface area contributed by atoms with Gasteiger partial charge in [-0.25, -0.2) is 0 Å². The van der Waals surface area contributed by atoms with Crippen LogP contribution in [0.2, 0.25) is 0 Å². The van der Waals surface area contributed by atoms with Crippen LogP contribution < -0.4 is 0 Å². The first-order valence-electron chi connectivity index (χ1n) is 8.74. The van der Waals surface area contributed by atoms with Gasteiger partial charge in [-0.15, -0.1) is 0 Å². The number of rotatable bonds is 3. The molecule has 4 aromatic rings. The third-order valence-corrected chi connectivity index (χ3v) is 4.70. The van der Waals surface area contributed by atoms with E-state index in [1.807, 2.05) is 36.4 Å². The smallest absolute Gasteiger partial charge is 0.384 e. The van der Waals surface area contributed by atoms with Gasteiger partial charge in [-0.05, 0) is 22.8 Å². The summed E-state index contributed by atoms with van der Waals surface area (Å²) in [6.45, 7) is 0. The summed E-state index contributed by atoms with van der Waals surface area (Å²) in [5, 5.41) is 11.3. The first-order chi connectivity index (χ1) is 13.5. The minimum atomic E-state index is -4.51. The fraction of sp³-hybridized carbons (Fsp3) is 0.0870. The monoisotopic (exact) mass is 379 g/mol. The lowest BCUT2D eigenvalue weighted by molar-refractivity contribution is -0.136. The molecule has 0 aliphatic rings. The number of hydrogen-bond donors (Lipinski definition) is 1. The second kappa shape index (κ2) is 7.09. The van der Waals surface area contributed by atoms with Gasteiger partial charge in [0, 0.05) is 17.1 Å². The first-order valence-corrected chi connectivity index (χ1v) is 8.74. The molecule has 0 fully saturated rings. The summed E-state index contributed by atoms with van der Waals surface area (Å²) in [5.41, 5.74) is 1.46. The molecule has 0 aliphatic heterocycles. The van der Waals surface area contributed by atoms with Gasteiger partial charge in [-0.3, -0.25) is 4.98 Å². The standard InChI is InChI=1S/C23H16F3NO/c24-23(25,26)19-13-7-12-17-20(15-8-3-1-4-9-15)18(14-27-21(17)19)22(28)16-10-5-2-6-11-16/h1-14,22,28H. The number of pyridine rings is 1. The van der Waals surface area contributed by atoms with Crippen molar-refractivity contribution in [3.8, 4) is 11.1 Å². The molecule has 2 nitrogen and oxygen atoms in total. The SMILES string of the molecule is OC(c1ccccc1)c1cnc2c(C(F)(F)F)cccc2c1-c1ccccc1. The van der Waals surface area contributed by atoms with Gasteiger partial charge in [0.25, 0.3) is 0 Å². The third-order valence-electron chi connectivity index (χ3n) is 4.70. The maximum absolute atomic E-state index is 13.5. The van der Waals surface area contributed by atoms with E-state index in [-0.39, 0.29) is 5.52 Å². The molecule has 0 bridgehead atoms. The summed E-state index contributed by atoms with van der Waals surface area (Å²) in [6, 6.07) is 22.1. The van der Waals surface area contributed by atoms with Gasteiger partial charge in [-0.2, -0.15) is 13.2 Å². The highest BCUT2D eigenvalue weighted by atomic mass is 19.4. The Kier molecular flexibility index (Phi) is 4.61. The molecule has 28 heavy (non-hydrogen) atoms. The Morgan fingerprint density at radius 2 is 1.43 bits per heavy atom. The molecule has 5 heteroatoms. The Balaban J connectivity index is 2.04. The van der Waals surface area contributed by atoms with Crippen LogP contribution in [0.5, 0.6) is 0 Å². The number of nitrogens with zero attached hydrogens (tertiary/aromatic N) is 1. The van der Waals surface area contributed by atoms with Crippen molar-refractivity contribution in [3.63, 3.8) is 0 Å². The fourth-order valence-electron chi connectivity index (χ4n) is 3.42. The van der Waals surface area contributed by atoms with Crippen LogP contribution in [-0.2, 0) is 6.18 Å². The third kappa shape index (κ3) is 3.25. The molecule has 1 N–H and O–H groups in total. The van der Waals surface area contributed by atoms with Crippen LogP contribution in [0.4, 0.5) is 13.2 Å². The summed E-state index contributed by atoms with van der Waals surface area (Å²) in [7, 11) is 0. The van der Waals surface area contributed by atoms with Gasteiger partial charge in [0.2, 0.25) is 0 Å². The van der Waals surface area contributed by atoms with Gasteiger partial charge in [-0.1, -0.05) is 72.8 Å². The van der Waals surface area contributed by atoms with E-state index >= 15 is 0 Å². The Hall–Kier alpha value is -3.18. The summed E-state index contributed by atoms with van der Waals surface area (Å²) < 4.78 is 40.5.